The van der Waals surface area contributed by atoms with Crippen LogP contribution in [0.25, 0.3) is 22.3 Å². The second-order valence-electron chi connectivity index (χ2n) is 6.62. The molecule has 4 aromatic rings. The van der Waals surface area contributed by atoms with Crippen LogP contribution in [-0.2, 0) is 13.1 Å². The van der Waals surface area contributed by atoms with Gasteiger partial charge in [-0.25, -0.2) is 4.98 Å². The highest BCUT2D eigenvalue weighted by Crippen LogP contribution is 2.20. The molecule has 3 aromatic heterocycles. The monoisotopic (exact) mass is 347 g/mol. The zero-order valence-electron chi connectivity index (χ0n) is 14.9. The summed E-state index contributed by atoms with van der Waals surface area (Å²) in [4.78, 5) is 8.61. The third kappa shape index (κ3) is 3.11. The second kappa shape index (κ2) is 6.72. The Balaban J connectivity index is 1.55. The van der Waals surface area contributed by atoms with Gasteiger partial charge < -0.3 is 9.67 Å². The van der Waals surface area contributed by atoms with Gasteiger partial charge in [-0.05, 0) is 55.3 Å². The van der Waals surface area contributed by atoms with Crippen molar-refractivity contribution in [1.29, 1.82) is 0 Å². The van der Waals surface area contributed by atoms with Crippen molar-refractivity contribution in [2.45, 2.75) is 33.0 Å². The van der Waals surface area contributed by atoms with Crippen molar-refractivity contribution in [2.24, 2.45) is 0 Å². The third-order valence-corrected chi connectivity index (χ3v) is 4.70. The molecule has 0 aliphatic carbocycles. The minimum absolute atomic E-state index is 0.405. The molecular formula is C20H21N5O. The molecule has 3 heterocycles. The first kappa shape index (κ1) is 16.5. The van der Waals surface area contributed by atoms with E-state index >= 15 is 0 Å². The van der Waals surface area contributed by atoms with Crippen molar-refractivity contribution < 1.29 is 5.11 Å². The number of rotatable bonds is 5. The summed E-state index contributed by atoms with van der Waals surface area (Å²) in [5.74, 6) is 0. The van der Waals surface area contributed by atoms with Crippen LogP contribution < -0.4 is 0 Å². The zero-order chi connectivity index (χ0) is 18.1. The number of hydrogen-bond donors (Lipinski definition) is 1. The molecule has 0 fully saturated rings. The zero-order valence-corrected chi connectivity index (χ0v) is 14.9. The van der Waals surface area contributed by atoms with Crippen LogP contribution in [0.5, 0.6) is 0 Å². The summed E-state index contributed by atoms with van der Waals surface area (Å²) >= 11 is 0. The molecular weight excluding hydrogens is 326 g/mol. The van der Waals surface area contributed by atoms with Crippen LogP contribution >= 0.6 is 0 Å². The van der Waals surface area contributed by atoms with Gasteiger partial charge >= 0.3 is 0 Å². The van der Waals surface area contributed by atoms with Crippen molar-refractivity contribution in [1.82, 2.24) is 24.3 Å². The summed E-state index contributed by atoms with van der Waals surface area (Å²) in [7, 11) is 0. The predicted molar refractivity (Wildman–Crippen MR) is 101 cm³/mol. The minimum atomic E-state index is -0.579. The smallest absolute Gasteiger partial charge is 0.0959 e. The first-order valence-corrected chi connectivity index (χ1v) is 8.64. The number of aryl methyl sites for hydroxylation is 2. The van der Waals surface area contributed by atoms with Crippen molar-refractivity contribution in [2.75, 3.05) is 0 Å². The fourth-order valence-corrected chi connectivity index (χ4v) is 3.18. The Labute approximate surface area is 151 Å². The molecule has 0 saturated carbocycles. The lowest BCUT2D eigenvalue weighted by Gasteiger charge is -2.15. The molecule has 1 atom stereocenters. The molecule has 1 N–H and O–H groups in total. The molecule has 0 unspecified atom stereocenters. The predicted octanol–water partition coefficient (Wildman–Crippen LogP) is 2.97. The molecule has 132 valence electrons. The Morgan fingerprint density at radius 2 is 1.92 bits per heavy atom. The lowest BCUT2D eigenvalue weighted by atomic mass is 10.1. The molecule has 0 saturated heterocycles. The SMILES string of the molecule is Cc1cc2ncn(C[C@@H](O)Cn3nccc3-c3cccnc3)c2cc1C. The Morgan fingerprint density at radius 1 is 1.08 bits per heavy atom. The van der Waals surface area contributed by atoms with Gasteiger partial charge in [0, 0.05) is 24.2 Å². The van der Waals surface area contributed by atoms with Crippen LogP contribution in [0.4, 0.5) is 0 Å². The molecule has 1 aromatic carbocycles. The maximum Gasteiger partial charge on any atom is 0.0959 e. The topological polar surface area (TPSA) is 68.8 Å². The molecule has 4 rings (SSSR count). The maximum absolute atomic E-state index is 10.6. The highest BCUT2D eigenvalue weighted by Gasteiger charge is 2.13. The number of aliphatic hydroxyl groups is 1. The van der Waals surface area contributed by atoms with Crippen LogP contribution in [0.15, 0.2) is 55.2 Å². The number of aliphatic hydroxyl groups excluding tert-OH is 1. The van der Waals surface area contributed by atoms with Crippen molar-refractivity contribution >= 4 is 11.0 Å². The van der Waals surface area contributed by atoms with E-state index in [0.717, 1.165) is 22.3 Å². The normalized spacial score (nSPS) is 12.6. The number of pyridine rings is 1. The average molecular weight is 347 g/mol. The van der Waals surface area contributed by atoms with E-state index in [-0.39, 0.29) is 0 Å². The van der Waals surface area contributed by atoms with E-state index in [1.54, 1.807) is 24.9 Å². The number of benzene rings is 1. The standard InChI is InChI=1S/C20H21N5O/c1-14-8-18-20(9-15(14)2)24(13-22-18)11-17(26)12-25-19(5-7-23-25)16-4-3-6-21-10-16/h3-10,13,17,26H,11-12H2,1-2H3/t17-/m1/s1. The Kier molecular flexibility index (Phi) is 4.26. The maximum atomic E-state index is 10.6. The lowest BCUT2D eigenvalue weighted by molar-refractivity contribution is 0.132. The third-order valence-electron chi connectivity index (χ3n) is 4.70. The molecule has 6 nitrogen and oxygen atoms in total. The number of imidazole rings is 1. The Bertz CT molecular complexity index is 1030. The van der Waals surface area contributed by atoms with Gasteiger partial charge in [0.1, 0.15) is 0 Å². The lowest BCUT2D eigenvalue weighted by Crippen LogP contribution is -2.23. The number of fused-ring (bicyclic) bond motifs is 1. The van der Waals surface area contributed by atoms with E-state index in [9.17, 15) is 5.11 Å². The number of hydrogen-bond acceptors (Lipinski definition) is 4. The van der Waals surface area contributed by atoms with E-state index < -0.39 is 6.10 Å². The van der Waals surface area contributed by atoms with E-state index in [4.69, 9.17) is 0 Å². The highest BCUT2D eigenvalue weighted by atomic mass is 16.3. The van der Waals surface area contributed by atoms with Crippen LogP contribution in [0.3, 0.4) is 0 Å². The molecule has 0 bridgehead atoms. The quantitative estimate of drug-likeness (QED) is 0.603. The summed E-state index contributed by atoms with van der Waals surface area (Å²) in [5.41, 5.74) is 6.37. The molecule has 0 radical (unpaired) electrons. The van der Waals surface area contributed by atoms with E-state index in [0.29, 0.717) is 13.1 Å². The van der Waals surface area contributed by atoms with Crippen LogP contribution in [0, 0.1) is 13.8 Å². The van der Waals surface area contributed by atoms with Gasteiger partial charge in [0.2, 0.25) is 0 Å². The summed E-state index contributed by atoms with van der Waals surface area (Å²) in [6, 6.07) is 10.0. The van der Waals surface area contributed by atoms with Crippen LogP contribution in [0.2, 0.25) is 0 Å². The minimum Gasteiger partial charge on any atom is -0.389 e. The van der Waals surface area contributed by atoms with Crippen molar-refractivity contribution in [3.05, 3.63) is 66.4 Å². The summed E-state index contributed by atoms with van der Waals surface area (Å²) < 4.78 is 3.82. The Morgan fingerprint density at radius 3 is 2.73 bits per heavy atom. The van der Waals surface area contributed by atoms with Gasteiger partial charge in [0.15, 0.2) is 0 Å². The molecule has 0 aliphatic heterocycles. The van der Waals surface area contributed by atoms with Crippen molar-refractivity contribution in [3.8, 4) is 11.3 Å². The number of nitrogens with zero attached hydrogens (tertiary/aromatic N) is 5. The summed E-state index contributed by atoms with van der Waals surface area (Å²) in [5, 5.41) is 15.0. The van der Waals surface area contributed by atoms with Gasteiger partial charge in [-0.1, -0.05) is 0 Å². The van der Waals surface area contributed by atoms with E-state index in [1.807, 2.05) is 27.4 Å². The van der Waals surface area contributed by atoms with Gasteiger partial charge in [-0.3, -0.25) is 9.67 Å². The van der Waals surface area contributed by atoms with Gasteiger partial charge in [-0.15, -0.1) is 0 Å². The first-order valence-electron chi connectivity index (χ1n) is 8.64. The fraction of sp³-hybridized carbons (Fsp3) is 0.250. The van der Waals surface area contributed by atoms with Gasteiger partial charge in [0.25, 0.3) is 0 Å². The molecule has 6 heteroatoms. The summed E-state index contributed by atoms with van der Waals surface area (Å²) in [6.45, 7) is 5.04. The van der Waals surface area contributed by atoms with E-state index in [1.165, 1.54) is 11.1 Å². The average Bonchev–Trinajstić information content (AvgIpc) is 3.24. The van der Waals surface area contributed by atoms with Crippen molar-refractivity contribution in [3.63, 3.8) is 0 Å². The number of aromatic nitrogens is 5. The highest BCUT2D eigenvalue weighted by molar-refractivity contribution is 5.77. The summed E-state index contributed by atoms with van der Waals surface area (Å²) in [6.07, 6.45) is 6.50. The molecule has 0 aliphatic rings. The fourth-order valence-electron chi connectivity index (χ4n) is 3.18. The molecule has 0 spiro atoms. The van der Waals surface area contributed by atoms with E-state index in [2.05, 4.69) is 41.0 Å². The molecule has 26 heavy (non-hydrogen) atoms. The van der Waals surface area contributed by atoms with Crippen LogP contribution in [0.1, 0.15) is 11.1 Å². The second-order valence-corrected chi connectivity index (χ2v) is 6.62. The van der Waals surface area contributed by atoms with Crippen LogP contribution in [-0.4, -0.2) is 35.5 Å². The largest absolute Gasteiger partial charge is 0.389 e. The van der Waals surface area contributed by atoms with Gasteiger partial charge in [0.05, 0.1) is 42.2 Å². The van der Waals surface area contributed by atoms with Gasteiger partial charge in [-0.2, -0.15) is 5.10 Å². The first-order chi connectivity index (χ1) is 12.6. The Hall–Kier alpha value is -2.99. The molecule has 0 amide bonds.